The maximum Gasteiger partial charge on any atom is 0.226 e. The van der Waals surface area contributed by atoms with Gasteiger partial charge in [0, 0.05) is 24.3 Å². The van der Waals surface area contributed by atoms with Crippen LogP contribution in [0.25, 0.3) is 0 Å². The predicted molar refractivity (Wildman–Crippen MR) is 84.3 cm³/mol. The van der Waals surface area contributed by atoms with Crippen LogP contribution in [0.1, 0.15) is 47.2 Å². The van der Waals surface area contributed by atoms with Gasteiger partial charge in [0.25, 0.3) is 0 Å². The molecule has 0 spiro atoms. The second kappa shape index (κ2) is 6.85. The normalized spacial score (nSPS) is 12.4. The van der Waals surface area contributed by atoms with E-state index in [0.717, 1.165) is 34.2 Å². The summed E-state index contributed by atoms with van der Waals surface area (Å²) in [5.74, 6) is 0.904. The summed E-state index contributed by atoms with van der Waals surface area (Å²) in [7, 11) is 1.95. The second-order valence-corrected chi connectivity index (χ2v) is 6.62. The van der Waals surface area contributed by atoms with Gasteiger partial charge >= 0.3 is 0 Å². The fraction of sp³-hybridized carbons (Fsp3) is 0.533. The minimum absolute atomic E-state index is 0.00449. The minimum atomic E-state index is -0.0393. The van der Waals surface area contributed by atoms with Gasteiger partial charge in [-0.1, -0.05) is 13.3 Å². The Hall–Kier alpha value is -1.69. The molecular weight excluding hydrogens is 284 g/mol. The molecule has 0 radical (unpaired) electrons. The van der Waals surface area contributed by atoms with Crippen molar-refractivity contribution in [3.63, 3.8) is 0 Å². The minimum Gasteiger partial charge on any atom is -0.346 e. The lowest BCUT2D eigenvalue weighted by atomic mass is 10.1. The molecule has 114 valence electrons. The van der Waals surface area contributed by atoms with Crippen molar-refractivity contribution in [2.45, 2.75) is 46.1 Å². The molecule has 5 nitrogen and oxygen atoms in total. The number of aromatic nitrogens is 3. The SMILES string of the molecule is CCCC(NC(=O)Cc1nc(C)sc1C)c1nccn1C. The molecule has 0 fully saturated rings. The number of thiazole rings is 1. The molecule has 21 heavy (non-hydrogen) atoms. The second-order valence-electron chi connectivity index (χ2n) is 5.22. The number of amides is 1. The van der Waals surface area contributed by atoms with Crippen molar-refractivity contribution < 1.29 is 4.79 Å². The van der Waals surface area contributed by atoms with Gasteiger partial charge in [-0.25, -0.2) is 9.97 Å². The Morgan fingerprint density at radius 1 is 1.48 bits per heavy atom. The fourth-order valence-corrected chi connectivity index (χ4v) is 3.24. The van der Waals surface area contributed by atoms with Crippen LogP contribution in [0.2, 0.25) is 0 Å². The van der Waals surface area contributed by atoms with Crippen molar-refractivity contribution in [3.05, 3.63) is 33.8 Å². The molecule has 0 aliphatic heterocycles. The zero-order valence-electron chi connectivity index (χ0n) is 13.0. The van der Waals surface area contributed by atoms with E-state index in [4.69, 9.17) is 0 Å². The van der Waals surface area contributed by atoms with Crippen molar-refractivity contribution in [1.29, 1.82) is 0 Å². The number of hydrogen-bond donors (Lipinski definition) is 1. The van der Waals surface area contributed by atoms with Crippen molar-refractivity contribution in [1.82, 2.24) is 19.9 Å². The van der Waals surface area contributed by atoms with Crippen molar-refractivity contribution in [2.24, 2.45) is 7.05 Å². The smallest absolute Gasteiger partial charge is 0.226 e. The maximum absolute atomic E-state index is 12.3. The lowest BCUT2D eigenvalue weighted by Gasteiger charge is -2.17. The Morgan fingerprint density at radius 3 is 2.76 bits per heavy atom. The molecule has 1 unspecified atom stereocenters. The number of carbonyl (C=O) groups excluding carboxylic acids is 1. The van der Waals surface area contributed by atoms with Crippen LogP contribution in [-0.4, -0.2) is 20.4 Å². The Balaban J connectivity index is 2.05. The highest BCUT2D eigenvalue weighted by atomic mass is 32.1. The summed E-state index contributed by atoms with van der Waals surface area (Å²) in [5.41, 5.74) is 0.880. The van der Waals surface area contributed by atoms with Gasteiger partial charge in [-0.15, -0.1) is 11.3 Å². The van der Waals surface area contributed by atoms with E-state index in [1.54, 1.807) is 17.5 Å². The third-order valence-corrected chi connectivity index (χ3v) is 4.34. The van der Waals surface area contributed by atoms with Crippen LogP contribution in [0.4, 0.5) is 0 Å². The van der Waals surface area contributed by atoms with Crippen LogP contribution in [0.15, 0.2) is 12.4 Å². The quantitative estimate of drug-likeness (QED) is 0.892. The van der Waals surface area contributed by atoms with E-state index in [2.05, 4.69) is 22.2 Å². The van der Waals surface area contributed by atoms with Crippen LogP contribution in [0.3, 0.4) is 0 Å². The van der Waals surface area contributed by atoms with Gasteiger partial charge in [-0.2, -0.15) is 0 Å². The number of hydrogen-bond acceptors (Lipinski definition) is 4. The Bertz CT molecular complexity index is 617. The van der Waals surface area contributed by atoms with Crippen molar-refractivity contribution in [3.8, 4) is 0 Å². The summed E-state index contributed by atoms with van der Waals surface area (Å²) in [6, 6.07) is -0.0393. The molecule has 0 saturated carbocycles. The molecule has 1 N–H and O–H groups in total. The van der Waals surface area contributed by atoms with Gasteiger partial charge < -0.3 is 9.88 Å². The topological polar surface area (TPSA) is 59.8 Å². The van der Waals surface area contributed by atoms with Gasteiger partial charge in [-0.05, 0) is 20.3 Å². The lowest BCUT2D eigenvalue weighted by Crippen LogP contribution is -2.31. The van der Waals surface area contributed by atoms with E-state index in [1.807, 2.05) is 31.7 Å². The highest BCUT2D eigenvalue weighted by Crippen LogP contribution is 2.19. The van der Waals surface area contributed by atoms with Gasteiger partial charge in [0.05, 0.1) is 23.2 Å². The summed E-state index contributed by atoms with van der Waals surface area (Å²) < 4.78 is 1.96. The summed E-state index contributed by atoms with van der Waals surface area (Å²) in [5, 5.41) is 4.09. The number of rotatable bonds is 6. The largest absolute Gasteiger partial charge is 0.346 e. The van der Waals surface area contributed by atoms with Gasteiger partial charge in [0.1, 0.15) is 5.82 Å². The van der Waals surface area contributed by atoms with Gasteiger partial charge in [0.2, 0.25) is 5.91 Å². The molecule has 1 atom stereocenters. The number of carbonyl (C=O) groups is 1. The molecule has 0 aromatic carbocycles. The van der Waals surface area contributed by atoms with E-state index in [-0.39, 0.29) is 11.9 Å². The average molecular weight is 306 g/mol. The Kier molecular flexibility index (Phi) is 5.12. The molecule has 2 heterocycles. The summed E-state index contributed by atoms with van der Waals surface area (Å²) in [6.07, 6.45) is 5.87. The Labute approximate surface area is 129 Å². The monoisotopic (exact) mass is 306 g/mol. The van der Waals surface area contributed by atoms with Crippen LogP contribution in [0, 0.1) is 13.8 Å². The van der Waals surface area contributed by atoms with E-state index in [9.17, 15) is 4.79 Å². The summed E-state index contributed by atoms with van der Waals surface area (Å²) in [6.45, 7) is 6.08. The molecule has 0 saturated heterocycles. The van der Waals surface area contributed by atoms with Crippen LogP contribution >= 0.6 is 11.3 Å². The standard InChI is InChI=1S/C15H22N4OS/c1-5-6-12(15-16-7-8-19(15)4)18-14(20)9-13-10(2)21-11(3)17-13/h7-8,12H,5-6,9H2,1-4H3,(H,18,20). The third kappa shape index (κ3) is 3.91. The van der Waals surface area contributed by atoms with Crippen molar-refractivity contribution in [2.75, 3.05) is 0 Å². The zero-order valence-corrected chi connectivity index (χ0v) is 13.8. The molecule has 2 rings (SSSR count). The number of nitrogens with one attached hydrogen (secondary N) is 1. The van der Waals surface area contributed by atoms with E-state index in [0.29, 0.717) is 6.42 Å². The third-order valence-electron chi connectivity index (χ3n) is 3.41. The van der Waals surface area contributed by atoms with E-state index >= 15 is 0 Å². The molecule has 0 aliphatic carbocycles. The number of nitrogens with zero attached hydrogens (tertiary/aromatic N) is 3. The molecule has 0 aliphatic rings. The maximum atomic E-state index is 12.3. The molecule has 1 amide bonds. The summed E-state index contributed by atoms with van der Waals surface area (Å²) in [4.78, 5) is 22.2. The lowest BCUT2D eigenvalue weighted by molar-refractivity contribution is -0.121. The first-order valence-corrected chi connectivity index (χ1v) is 8.02. The fourth-order valence-electron chi connectivity index (χ4n) is 2.40. The first-order chi connectivity index (χ1) is 10.0. The van der Waals surface area contributed by atoms with E-state index in [1.165, 1.54) is 0 Å². The molecule has 2 aromatic rings. The molecular formula is C15H22N4OS. The number of aryl methyl sites for hydroxylation is 3. The van der Waals surface area contributed by atoms with Crippen LogP contribution in [-0.2, 0) is 18.3 Å². The zero-order chi connectivity index (χ0) is 15.4. The van der Waals surface area contributed by atoms with Gasteiger partial charge in [-0.3, -0.25) is 4.79 Å². The molecule has 2 aromatic heterocycles. The van der Waals surface area contributed by atoms with Gasteiger partial charge in [0.15, 0.2) is 0 Å². The molecule has 6 heteroatoms. The summed E-state index contributed by atoms with van der Waals surface area (Å²) >= 11 is 1.63. The number of imidazole rings is 1. The van der Waals surface area contributed by atoms with Crippen LogP contribution in [0.5, 0.6) is 0 Å². The Morgan fingerprint density at radius 2 is 2.24 bits per heavy atom. The van der Waals surface area contributed by atoms with Crippen LogP contribution < -0.4 is 5.32 Å². The first-order valence-electron chi connectivity index (χ1n) is 7.20. The molecule has 0 bridgehead atoms. The average Bonchev–Trinajstić information content (AvgIpc) is 2.95. The predicted octanol–water partition coefficient (Wildman–Crippen LogP) is 2.69. The van der Waals surface area contributed by atoms with Crippen molar-refractivity contribution >= 4 is 17.2 Å². The highest BCUT2D eigenvalue weighted by Gasteiger charge is 2.19. The highest BCUT2D eigenvalue weighted by molar-refractivity contribution is 7.11. The first kappa shape index (κ1) is 15.7. The van der Waals surface area contributed by atoms with E-state index < -0.39 is 0 Å².